The normalized spacial score (nSPS) is 17.0. The molecule has 0 radical (unpaired) electrons. The SMILES string of the molecule is CC(CCC(=O)O)C(=O)N(c1ccccc1)C1CCCCC1. The van der Waals surface area contributed by atoms with Crippen LogP contribution in [0.4, 0.5) is 5.69 Å². The summed E-state index contributed by atoms with van der Waals surface area (Å²) in [5, 5.41) is 8.82. The maximum Gasteiger partial charge on any atom is 0.303 e. The largest absolute Gasteiger partial charge is 0.481 e. The van der Waals surface area contributed by atoms with Crippen LogP contribution in [0.5, 0.6) is 0 Å². The van der Waals surface area contributed by atoms with Gasteiger partial charge in [-0.3, -0.25) is 9.59 Å². The van der Waals surface area contributed by atoms with Gasteiger partial charge in [0.2, 0.25) is 5.91 Å². The van der Waals surface area contributed by atoms with Crippen molar-refractivity contribution in [2.24, 2.45) is 5.92 Å². The van der Waals surface area contributed by atoms with Crippen molar-refractivity contribution in [1.82, 2.24) is 0 Å². The first kappa shape index (κ1) is 16.5. The number of hydrogen-bond donors (Lipinski definition) is 1. The van der Waals surface area contributed by atoms with Gasteiger partial charge < -0.3 is 10.0 Å². The molecular formula is C18H25NO3. The first-order valence-corrected chi connectivity index (χ1v) is 8.19. The van der Waals surface area contributed by atoms with E-state index in [0.717, 1.165) is 31.4 Å². The van der Waals surface area contributed by atoms with Gasteiger partial charge in [0.15, 0.2) is 0 Å². The Morgan fingerprint density at radius 3 is 2.41 bits per heavy atom. The van der Waals surface area contributed by atoms with Gasteiger partial charge in [0, 0.05) is 24.1 Å². The molecule has 1 aliphatic carbocycles. The number of benzene rings is 1. The standard InChI is InChI=1S/C18H25NO3/c1-14(12-13-17(20)21)18(22)19(15-8-4-2-5-9-15)16-10-6-3-7-11-16/h2,4-5,8-9,14,16H,3,6-7,10-13H2,1H3,(H,20,21). The molecular weight excluding hydrogens is 278 g/mol. The van der Waals surface area contributed by atoms with Gasteiger partial charge in [0.05, 0.1) is 0 Å². The van der Waals surface area contributed by atoms with Gasteiger partial charge in [-0.1, -0.05) is 44.4 Å². The van der Waals surface area contributed by atoms with Gasteiger partial charge in [-0.05, 0) is 31.4 Å². The van der Waals surface area contributed by atoms with Gasteiger partial charge in [0.1, 0.15) is 0 Å². The van der Waals surface area contributed by atoms with Gasteiger partial charge in [-0.2, -0.15) is 0 Å². The van der Waals surface area contributed by atoms with Gasteiger partial charge in [0.25, 0.3) is 0 Å². The van der Waals surface area contributed by atoms with Crippen LogP contribution >= 0.6 is 0 Å². The highest BCUT2D eigenvalue weighted by molar-refractivity contribution is 5.95. The highest BCUT2D eigenvalue weighted by Gasteiger charge is 2.29. The van der Waals surface area contributed by atoms with Crippen molar-refractivity contribution in [3.8, 4) is 0 Å². The van der Waals surface area contributed by atoms with E-state index in [2.05, 4.69) is 0 Å². The Morgan fingerprint density at radius 2 is 1.82 bits per heavy atom. The van der Waals surface area contributed by atoms with Crippen LogP contribution in [-0.2, 0) is 9.59 Å². The first-order chi connectivity index (χ1) is 10.6. The van der Waals surface area contributed by atoms with Crippen LogP contribution in [0.15, 0.2) is 30.3 Å². The summed E-state index contributed by atoms with van der Waals surface area (Å²) in [6.07, 6.45) is 6.06. The highest BCUT2D eigenvalue weighted by atomic mass is 16.4. The third-order valence-electron chi connectivity index (χ3n) is 4.42. The molecule has 1 atom stereocenters. The molecule has 0 heterocycles. The van der Waals surface area contributed by atoms with Crippen LogP contribution in [0.3, 0.4) is 0 Å². The Morgan fingerprint density at radius 1 is 1.18 bits per heavy atom. The zero-order valence-corrected chi connectivity index (χ0v) is 13.2. The summed E-state index contributed by atoms with van der Waals surface area (Å²) in [5.41, 5.74) is 0.932. The van der Waals surface area contributed by atoms with E-state index in [9.17, 15) is 9.59 Å². The predicted molar refractivity (Wildman–Crippen MR) is 86.8 cm³/mol. The average molecular weight is 303 g/mol. The van der Waals surface area contributed by atoms with Crippen molar-refractivity contribution in [2.75, 3.05) is 4.90 Å². The Bertz CT molecular complexity index is 494. The Kier molecular flexibility index (Phi) is 5.99. The second kappa shape index (κ2) is 7.97. The monoisotopic (exact) mass is 303 g/mol. The minimum Gasteiger partial charge on any atom is -0.481 e. The molecule has 1 aromatic rings. The quantitative estimate of drug-likeness (QED) is 0.868. The van der Waals surface area contributed by atoms with Crippen LogP contribution in [0.1, 0.15) is 51.9 Å². The second-order valence-corrected chi connectivity index (χ2v) is 6.17. The fourth-order valence-electron chi connectivity index (χ4n) is 3.15. The van der Waals surface area contributed by atoms with E-state index in [-0.39, 0.29) is 24.3 Å². The number of carbonyl (C=O) groups excluding carboxylic acids is 1. The van der Waals surface area contributed by atoms with E-state index in [1.165, 1.54) is 6.42 Å². The van der Waals surface area contributed by atoms with Gasteiger partial charge in [-0.15, -0.1) is 0 Å². The van der Waals surface area contributed by atoms with Crippen LogP contribution in [0.25, 0.3) is 0 Å². The molecule has 4 heteroatoms. The molecule has 1 aromatic carbocycles. The summed E-state index contributed by atoms with van der Waals surface area (Å²) in [6, 6.07) is 10.0. The molecule has 1 N–H and O–H groups in total. The molecule has 0 bridgehead atoms. The maximum absolute atomic E-state index is 12.9. The number of anilines is 1. The molecule has 22 heavy (non-hydrogen) atoms. The third kappa shape index (κ3) is 4.33. The summed E-state index contributed by atoms with van der Waals surface area (Å²) in [7, 11) is 0. The Balaban J connectivity index is 2.16. The molecule has 1 fully saturated rings. The number of amides is 1. The molecule has 1 saturated carbocycles. The highest BCUT2D eigenvalue weighted by Crippen LogP contribution is 2.29. The van der Waals surface area contributed by atoms with Crippen LogP contribution in [0, 0.1) is 5.92 Å². The number of aliphatic carboxylic acids is 1. The number of hydrogen-bond acceptors (Lipinski definition) is 2. The van der Waals surface area contributed by atoms with E-state index in [0.29, 0.717) is 6.42 Å². The Hall–Kier alpha value is -1.84. The van der Waals surface area contributed by atoms with E-state index >= 15 is 0 Å². The number of rotatable bonds is 6. The average Bonchev–Trinajstić information content (AvgIpc) is 2.54. The fraction of sp³-hybridized carbons (Fsp3) is 0.556. The van der Waals surface area contributed by atoms with Crippen molar-refractivity contribution in [3.05, 3.63) is 30.3 Å². The molecule has 0 saturated heterocycles. The molecule has 4 nitrogen and oxygen atoms in total. The number of carbonyl (C=O) groups is 2. The number of carboxylic acids is 1. The lowest BCUT2D eigenvalue weighted by Crippen LogP contribution is -2.44. The Labute approximate surface area is 132 Å². The van der Waals surface area contributed by atoms with Crippen LogP contribution < -0.4 is 4.90 Å². The van der Waals surface area contributed by atoms with Crippen molar-refractivity contribution in [2.45, 2.75) is 57.9 Å². The van der Waals surface area contributed by atoms with Crippen molar-refractivity contribution in [3.63, 3.8) is 0 Å². The minimum atomic E-state index is -0.844. The fourth-order valence-corrected chi connectivity index (χ4v) is 3.15. The van der Waals surface area contributed by atoms with Gasteiger partial charge >= 0.3 is 5.97 Å². The number of para-hydroxylation sites is 1. The molecule has 0 spiro atoms. The zero-order chi connectivity index (χ0) is 15.9. The molecule has 0 aromatic heterocycles. The third-order valence-corrected chi connectivity index (χ3v) is 4.42. The smallest absolute Gasteiger partial charge is 0.303 e. The van der Waals surface area contributed by atoms with Crippen molar-refractivity contribution < 1.29 is 14.7 Å². The van der Waals surface area contributed by atoms with Crippen LogP contribution in [-0.4, -0.2) is 23.0 Å². The molecule has 1 amide bonds. The van der Waals surface area contributed by atoms with Gasteiger partial charge in [-0.25, -0.2) is 0 Å². The summed E-state index contributed by atoms with van der Waals surface area (Å²) < 4.78 is 0. The number of carboxylic acid groups (broad SMARTS) is 1. The molecule has 120 valence electrons. The van der Waals surface area contributed by atoms with Crippen molar-refractivity contribution in [1.29, 1.82) is 0 Å². The molecule has 1 unspecified atom stereocenters. The lowest BCUT2D eigenvalue weighted by molar-refractivity contribution is -0.137. The van der Waals surface area contributed by atoms with E-state index < -0.39 is 5.97 Å². The van der Waals surface area contributed by atoms with Crippen molar-refractivity contribution >= 4 is 17.6 Å². The lowest BCUT2D eigenvalue weighted by Gasteiger charge is -2.36. The van der Waals surface area contributed by atoms with E-state index in [1.807, 2.05) is 42.2 Å². The van der Waals surface area contributed by atoms with Crippen LogP contribution in [0.2, 0.25) is 0 Å². The topological polar surface area (TPSA) is 57.6 Å². The molecule has 1 aliphatic rings. The minimum absolute atomic E-state index is 0.0419. The summed E-state index contributed by atoms with van der Waals surface area (Å²) >= 11 is 0. The summed E-state index contributed by atoms with van der Waals surface area (Å²) in [4.78, 5) is 25.6. The van der Waals surface area contributed by atoms with E-state index in [4.69, 9.17) is 5.11 Å². The molecule has 2 rings (SSSR count). The zero-order valence-electron chi connectivity index (χ0n) is 13.2. The first-order valence-electron chi connectivity index (χ1n) is 8.19. The second-order valence-electron chi connectivity index (χ2n) is 6.17. The summed E-state index contributed by atoms with van der Waals surface area (Å²) in [6.45, 7) is 1.84. The maximum atomic E-state index is 12.9. The summed E-state index contributed by atoms with van der Waals surface area (Å²) in [5.74, 6) is -1.05. The molecule has 0 aliphatic heterocycles. The number of nitrogens with zero attached hydrogens (tertiary/aromatic N) is 1. The predicted octanol–water partition coefficient (Wildman–Crippen LogP) is 3.85. The van der Waals surface area contributed by atoms with E-state index in [1.54, 1.807) is 0 Å². The lowest BCUT2D eigenvalue weighted by atomic mass is 9.92.